The second-order valence-corrected chi connectivity index (χ2v) is 10.8. The number of phenols is 1. The summed E-state index contributed by atoms with van der Waals surface area (Å²) < 4.78 is 2.49. The molecule has 1 unspecified atom stereocenters. The molecule has 5 rings (SSSR count). The highest BCUT2D eigenvalue weighted by Gasteiger charge is 2.40. The maximum Gasteiger partial charge on any atom is 0.140 e. The molecule has 1 N–H and O–H groups in total. The first-order chi connectivity index (χ1) is 18.2. The first-order valence-corrected chi connectivity index (χ1v) is 14.2. The van der Waals surface area contributed by atoms with Crippen LogP contribution in [-0.4, -0.2) is 26.1 Å². The van der Waals surface area contributed by atoms with Crippen molar-refractivity contribution in [1.29, 1.82) is 0 Å². The molecule has 2 aromatic carbocycles. The fraction of sp³-hybridized carbons (Fsp3) is 0.424. The van der Waals surface area contributed by atoms with Crippen molar-refractivity contribution in [2.45, 2.75) is 76.9 Å². The van der Waals surface area contributed by atoms with Gasteiger partial charge in [0.05, 0.1) is 17.4 Å². The van der Waals surface area contributed by atoms with Crippen molar-refractivity contribution >= 4 is 0 Å². The van der Waals surface area contributed by atoms with Crippen LogP contribution in [0.25, 0.3) is 11.4 Å². The first-order valence-electron chi connectivity index (χ1n) is 14.2. The number of phenolic OH excluding ortho intramolecular Hbond substituents is 1. The van der Waals surface area contributed by atoms with E-state index in [0.717, 1.165) is 44.7 Å². The van der Waals surface area contributed by atoms with Crippen molar-refractivity contribution in [2.24, 2.45) is 5.92 Å². The summed E-state index contributed by atoms with van der Waals surface area (Å²) in [5.74, 6) is 2.10. The van der Waals surface area contributed by atoms with Crippen molar-refractivity contribution in [3.05, 3.63) is 96.4 Å². The number of allylic oxidation sites excluding steroid dienone is 2. The zero-order chi connectivity index (χ0) is 25.5. The van der Waals surface area contributed by atoms with Crippen molar-refractivity contribution < 1.29 is 5.11 Å². The molecular weight excluding hydrogens is 454 g/mol. The van der Waals surface area contributed by atoms with Crippen LogP contribution in [0.4, 0.5) is 0 Å². The number of nitrogens with zero attached hydrogens (tertiary/aromatic N) is 3. The monoisotopic (exact) mass is 495 g/mol. The van der Waals surface area contributed by atoms with Gasteiger partial charge in [0, 0.05) is 25.2 Å². The Morgan fingerprint density at radius 1 is 1.00 bits per heavy atom. The molecule has 4 heteroatoms. The molecule has 0 bridgehead atoms. The van der Waals surface area contributed by atoms with E-state index in [1.165, 1.54) is 48.9 Å². The first kappa shape index (κ1) is 25.5. The Labute approximate surface area is 222 Å². The van der Waals surface area contributed by atoms with Gasteiger partial charge in [0.15, 0.2) is 0 Å². The number of aromatic nitrogens is 2. The summed E-state index contributed by atoms with van der Waals surface area (Å²) in [5, 5.41) is 9.91. The highest BCUT2D eigenvalue weighted by molar-refractivity contribution is 5.56. The van der Waals surface area contributed by atoms with E-state index in [2.05, 4.69) is 89.4 Å². The average Bonchev–Trinajstić information content (AvgIpc) is 3.38. The van der Waals surface area contributed by atoms with Gasteiger partial charge in [0.25, 0.3) is 0 Å². The van der Waals surface area contributed by atoms with Gasteiger partial charge in [-0.2, -0.15) is 0 Å². The van der Waals surface area contributed by atoms with E-state index in [-0.39, 0.29) is 5.54 Å². The Balaban J connectivity index is 1.60. The molecule has 1 heterocycles. The van der Waals surface area contributed by atoms with E-state index in [0.29, 0.717) is 11.7 Å². The summed E-state index contributed by atoms with van der Waals surface area (Å²) in [6, 6.07) is 18.4. The molecule has 2 aliphatic carbocycles. The van der Waals surface area contributed by atoms with Crippen LogP contribution in [0.15, 0.2) is 85.1 Å². The predicted octanol–water partition coefficient (Wildman–Crippen LogP) is 7.85. The number of unbranched alkanes of at least 4 members (excludes halogenated alkanes) is 1. The van der Waals surface area contributed by atoms with E-state index < -0.39 is 0 Å². The van der Waals surface area contributed by atoms with Gasteiger partial charge in [-0.15, -0.1) is 0 Å². The average molecular weight is 496 g/mol. The summed E-state index contributed by atoms with van der Waals surface area (Å²) in [6.07, 6.45) is 21.2. The summed E-state index contributed by atoms with van der Waals surface area (Å²) >= 11 is 0. The van der Waals surface area contributed by atoms with Crippen LogP contribution in [0, 0.1) is 5.92 Å². The zero-order valence-corrected chi connectivity index (χ0v) is 22.2. The highest BCUT2D eigenvalue weighted by Crippen LogP contribution is 2.41. The Kier molecular flexibility index (Phi) is 8.25. The van der Waals surface area contributed by atoms with Gasteiger partial charge in [-0.05, 0) is 49.3 Å². The maximum absolute atomic E-state index is 9.91. The van der Waals surface area contributed by atoms with E-state index in [9.17, 15) is 5.11 Å². The van der Waals surface area contributed by atoms with Gasteiger partial charge in [-0.25, -0.2) is 4.98 Å². The number of rotatable bonds is 10. The highest BCUT2D eigenvalue weighted by atomic mass is 16.3. The van der Waals surface area contributed by atoms with Gasteiger partial charge in [0.2, 0.25) is 0 Å². The smallest absolute Gasteiger partial charge is 0.140 e. The molecule has 0 aliphatic heterocycles. The molecule has 3 aromatic rings. The summed E-state index contributed by atoms with van der Waals surface area (Å²) in [4.78, 5) is 7.76. The second-order valence-electron chi connectivity index (χ2n) is 10.8. The molecule has 1 fully saturated rings. The molecule has 0 saturated heterocycles. The lowest BCUT2D eigenvalue weighted by Gasteiger charge is -2.45. The molecule has 2 aliphatic rings. The van der Waals surface area contributed by atoms with Crippen molar-refractivity contribution in [1.82, 2.24) is 14.5 Å². The lowest BCUT2D eigenvalue weighted by atomic mass is 9.82. The van der Waals surface area contributed by atoms with Crippen LogP contribution in [-0.2, 0) is 18.6 Å². The number of hydrogen-bond acceptors (Lipinski definition) is 3. The van der Waals surface area contributed by atoms with Gasteiger partial charge in [-0.1, -0.05) is 99.4 Å². The molecule has 0 radical (unpaired) electrons. The minimum absolute atomic E-state index is 0.266. The van der Waals surface area contributed by atoms with Crippen LogP contribution in [0.1, 0.15) is 69.5 Å². The van der Waals surface area contributed by atoms with Gasteiger partial charge in [-0.3, -0.25) is 4.90 Å². The van der Waals surface area contributed by atoms with Crippen LogP contribution in [0.5, 0.6) is 5.75 Å². The lowest BCUT2D eigenvalue weighted by Crippen LogP contribution is -2.48. The minimum atomic E-state index is -0.266. The van der Waals surface area contributed by atoms with Crippen LogP contribution < -0.4 is 0 Å². The lowest BCUT2D eigenvalue weighted by molar-refractivity contribution is 0.0813. The molecule has 0 amide bonds. The van der Waals surface area contributed by atoms with Crippen molar-refractivity contribution in [2.75, 3.05) is 6.54 Å². The number of imidazole rings is 1. The predicted molar refractivity (Wildman–Crippen MR) is 152 cm³/mol. The molecule has 194 valence electrons. The molecule has 4 nitrogen and oxygen atoms in total. The molecular formula is C33H41N3O. The fourth-order valence-corrected chi connectivity index (χ4v) is 6.15. The van der Waals surface area contributed by atoms with Gasteiger partial charge in [0.1, 0.15) is 11.6 Å². The zero-order valence-electron chi connectivity index (χ0n) is 22.2. The normalized spacial score (nSPS) is 20.1. The van der Waals surface area contributed by atoms with E-state index >= 15 is 0 Å². The molecule has 1 atom stereocenters. The standard InChI is InChI=1S/C33H41N3O/c1-2-3-23-36-31(24-34-32(36)29-15-9-5-10-16-29)33(21-11-6-12-22-33)35(25-27-13-7-4-8-14-27)26-28-17-19-30(37)20-18-28/h5-6,9-12,15-21,24,27,37H,2-4,7-8,13-14,22-23,25-26H2,1H3. The topological polar surface area (TPSA) is 41.3 Å². The SMILES string of the molecule is CCCCn1c(C2(N(Cc3ccc(O)cc3)CC3CCCCC3)C=CC=CC2)cnc1-c1ccccc1. The Hall–Kier alpha value is -3.11. The minimum Gasteiger partial charge on any atom is -0.508 e. The number of hydrogen-bond donors (Lipinski definition) is 1. The van der Waals surface area contributed by atoms with E-state index in [4.69, 9.17) is 4.98 Å². The number of benzene rings is 2. The largest absolute Gasteiger partial charge is 0.508 e. The third-order valence-electron chi connectivity index (χ3n) is 8.19. The van der Waals surface area contributed by atoms with E-state index in [1.807, 2.05) is 12.1 Å². The van der Waals surface area contributed by atoms with Gasteiger partial charge >= 0.3 is 0 Å². The molecule has 37 heavy (non-hydrogen) atoms. The summed E-state index contributed by atoms with van der Waals surface area (Å²) in [7, 11) is 0. The van der Waals surface area contributed by atoms with E-state index in [1.54, 1.807) is 0 Å². The van der Waals surface area contributed by atoms with Crippen LogP contribution in [0.3, 0.4) is 0 Å². The number of aromatic hydroxyl groups is 1. The summed E-state index contributed by atoms with van der Waals surface area (Å²) in [5.41, 5.74) is 3.43. The Morgan fingerprint density at radius 2 is 1.78 bits per heavy atom. The van der Waals surface area contributed by atoms with Crippen molar-refractivity contribution in [3.8, 4) is 17.1 Å². The second kappa shape index (κ2) is 12.0. The van der Waals surface area contributed by atoms with Crippen LogP contribution in [0.2, 0.25) is 0 Å². The molecule has 1 aromatic heterocycles. The van der Waals surface area contributed by atoms with Crippen molar-refractivity contribution in [3.63, 3.8) is 0 Å². The molecule has 1 saturated carbocycles. The fourth-order valence-electron chi connectivity index (χ4n) is 6.15. The third kappa shape index (κ3) is 5.75. The molecule has 0 spiro atoms. The van der Waals surface area contributed by atoms with Crippen LogP contribution >= 0.6 is 0 Å². The Morgan fingerprint density at radius 3 is 2.49 bits per heavy atom. The maximum atomic E-state index is 9.91. The van der Waals surface area contributed by atoms with Gasteiger partial charge < -0.3 is 9.67 Å². The Bertz CT molecular complexity index is 1190. The third-order valence-corrected chi connectivity index (χ3v) is 8.19. The summed E-state index contributed by atoms with van der Waals surface area (Å²) in [6.45, 7) is 5.14. The quantitative estimate of drug-likeness (QED) is 0.311.